The zero-order valence-electron chi connectivity index (χ0n) is 10.1. The second-order valence-electron chi connectivity index (χ2n) is 5.07. The van der Waals surface area contributed by atoms with Gasteiger partial charge in [-0.05, 0) is 55.0 Å². The summed E-state index contributed by atoms with van der Waals surface area (Å²) in [6.45, 7) is 5.70. The predicted molar refractivity (Wildman–Crippen MR) is 72.7 cm³/mol. The average Bonchev–Trinajstić information content (AvgIpc) is 2.60. The first-order valence-electron chi connectivity index (χ1n) is 6.18. The topological polar surface area (TPSA) is 12.0 Å². The summed E-state index contributed by atoms with van der Waals surface area (Å²) in [5, 5.41) is 3.67. The number of hydrogen-bond donors (Lipinski definition) is 1. The Kier molecular flexibility index (Phi) is 4.04. The number of aryl methyl sites for hydroxylation is 1. The lowest BCUT2D eigenvalue weighted by Crippen LogP contribution is -2.21. The second kappa shape index (κ2) is 5.33. The predicted octanol–water partition coefficient (Wildman–Crippen LogP) is 4.07. The van der Waals surface area contributed by atoms with Gasteiger partial charge in [-0.25, -0.2) is 0 Å². The second-order valence-corrected chi connectivity index (χ2v) is 5.99. The lowest BCUT2D eigenvalue weighted by molar-refractivity contribution is 0.476. The minimum absolute atomic E-state index is 0.585. The van der Waals surface area contributed by atoms with Gasteiger partial charge < -0.3 is 5.32 Å². The van der Waals surface area contributed by atoms with Gasteiger partial charge in [0.2, 0.25) is 0 Å². The Labute approximate surface area is 107 Å². The Balaban J connectivity index is 1.95. The molecule has 1 aliphatic rings. The van der Waals surface area contributed by atoms with Crippen molar-refractivity contribution in [1.82, 2.24) is 5.32 Å². The van der Waals surface area contributed by atoms with Crippen molar-refractivity contribution in [1.29, 1.82) is 0 Å². The van der Waals surface area contributed by atoms with Crippen molar-refractivity contribution in [3.63, 3.8) is 0 Å². The number of benzene rings is 1. The molecule has 0 bridgehead atoms. The van der Waals surface area contributed by atoms with Crippen molar-refractivity contribution in [3.8, 4) is 0 Å². The molecular formula is C14H20BrN. The third-order valence-electron chi connectivity index (χ3n) is 3.30. The van der Waals surface area contributed by atoms with Crippen LogP contribution < -0.4 is 5.32 Å². The van der Waals surface area contributed by atoms with E-state index in [1.165, 1.54) is 34.9 Å². The van der Waals surface area contributed by atoms with E-state index in [1.807, 2.05) is 0 Å². The van der Waals surface area contributed by atoms with E-state index in [4.69, 9.17) is 0 Å². The van der Waals surface area contributed by atoms with Crippen molar-refractivity contribution < 1.29 is 0 Å². The van der Waals surface area contributed by atoms with E-state index in [-0.39, 0.29) is 0 Å². The number of halogens is 1. The summed E-state index contributed by atoms with van der Waals surface area (Å²) in [6.07, 6.45) is 3.74. The van der Waals surface area contributed by atoms with Gasteiger partial charge in [-0.15, -0.1) is 0 Å². The van der Waals surface area contributed by atoms with Crippen LogP contribution in [0.3, 0.4) is 0 Å². The van der Waals surface area contributed by atoms with Crippen molar-refractivity contribution in [2.45, 2.75) is 39.2 Å². The minimum atomic E-state index is 0.585. The van der Waals surface area contributed by atoms with Crippen molar-refractivity contribution in [2.75, 3.05) is 6.54 Å². The van der Waals surface area contributed by atoms with E-state index in [2.05, 4.69) is 53.3 Å². The molecule has 16 heavy (non-hydrogen) atoms. The molecule has 1 aliphatic carbocycles. The van der Waals surface area contributed by atoms with Crippen LogP contribution in [0.25, 0.3) is 0 Å². The summed E-state index contributed by atoms with van der Waals surface area (Å²) in [5.41, 5.74) is 3.02. The van der Waals surface area contributed by atoms with E-state index in [1.54, 1.807) is 0 Å². The molecule has 1 N–H and O–H groups in total. The van der Waals surface area contributed by atoms with E-state index >= 15 is 0 Å². The summed E-state index contributed by atoms with van der Waals surface area (Å²) in [5.74, 6) is 0.790. The van der Waals surface area contributed by atoms with Crippen LogP contribution in [0.2, 0.25) is 0 Å². The quantitative estimate of drug-likeness (QED) is 0.877. The zero-order valence-corrected chi connectivity index (χ0v) is 11.7. The van der Waals surface area contributed by atoms with Gasteiger partial charge in [0.25, 0.3) is 0 Å². The van der Waals surface area contributed by atoms with Crippen molar-refractivity contribution in [2.24, 2.45) is 5.92 Å². The molecule has 1 nitrogen and oxygen atoms in total. The van der Waals surface area contributed by atoms with E-state index in [0.717, 1.165) is 12.5 Å². The molecule has 0 amide bonds. The fraction of sp³-hybridized carbons (Fsp3) is 0.571. The van der Waals surface area contributed by atoms with Crippen LogP contribution in [0, 0.1) is 5.92 Å². The monoisotopic (exact) mass is 281 g/mol. The maximum Gasteiger partial charge on any atom is 0.0326 e. The SMILES string of the molecule is CC(C)CCNC1CCc2cc(Br)ccc21. The fourth-order valence-electron chi connectivity index (χ4n) is 2.34. The maximum absolute atomic E-state index is 3.67. The summed E-state index contributed by atoms with van der Waals surface area (Å²) in [6, 6.07) is 7.27. The first-order valence-corrected chi connectivity index (χ1v) is 6.98. The number of fused-ring (bicyclic) bond motifs is 1. The van der Waals surface area contributed by atoms with E-state index in [0.29, 0.717) is 6.04 Å². The summed E-state index contributed by atoms with van der Waals surface area (Å²) in [4.78, 5) is 0. The van der Waals surface area contributed by atoms with Gasteiger partial charge in [0, 0.05) is 10.5 Å². The third-order valence-corrected chi connectivity index (χ3v) is 3.79. The molecule has 0 fully saturated rings. The Morgan fingerprint density at radius 3 is 3.00 bits per heavy atom. The standard InChI is InChI=1S/C14H20BrN/c1-10(2)7-8-16-14-6-3-11-9-12(15)4-5-13(11)14/h4-5,9-10,14,16H,3,6-8H2,1-2H3. The molecule has 0 saturated heterocycles. The van der Waals surface area contributed by atoms with Crippen LogP contribution in [0.15, 0.2) is 22.7 Å². The third kappa shape index (κ3) is 2.86. The van der Waals surface area contributed by atoms with Gasteiger partial charge in [0.15, 0.2) is 0 Å². The molecule has 0 saturated carbocycles. The summed E-state index contributed by atoms with van der Waals surface area (Å²) < 4.78 is 1.20. The van der Waals surface area contributed by atoms with Crippen LogP contribution in [0.1, 0.15) is 43.9 Å². The molecule has 0 heterocycles. The van der Waals surface area contributed by atoms with Crippen LogP contribution in [-0.2, 0) is 6.42 Å². The Morgan fingerprint density at radius 1 is 1.44 bits per heavy atom. The van der Waals surface area contributed by atoms with Crippen molar-refractivity contribution in [3.05, 3.63) is 33.8 Å². The van der Waals surface area contributed by atoms with Crippen LogP contribution >= 0.6 is 15.9 Å². The first kappa shape index (κ1) is 12.1. The summed E-state index contributed by atoms with van der Waals surface area (Å²) in [7, 11) is 0. The van der Waals surface area contributed by atoms with Gasteiger partial charge in [-0.3, -0.25) is 0 Å². The highest BCUT2D eigenvalue weighted by Gasteiger charge is 2.21. The van der Waals surface area contributed by atoms with Gasteiger partial charge in [0.05, 0.1) is 0 Å². The van der Waals surface area contributed by atoms with Crippen LogP contribution in [0.4, 0.5) is 0 Å². The Bertz CT molecular complexity index is 360. The van der Waals surface area contributed by atoms with E-state index < -0.39 is 0 Å². The molecule has 1 aromatic carbocycles. The summed E-state index contributed by atoms with van der Waals surface area (Å²) >= 11 is 3.54. The van der Waals surface area contributed by atoms with Gasteiger partial charge in [0.1, 0.15) is 0 Å². The lowest BCUT2D eigenvalue weighted by atomic mass is 10.1. The van der Waals surface area contributed by atoms with Gasteiger partial charge in [-0.2, -0.15) is 0 Å². The number of nitrogens with one attached hydrogen (secondary N) is 1. The Hall–Kier alpha value is -0.340. The highest BCUT2D eigenvalue weighted by molar-refractivity contribution is 9.10. The largest absolute Gasteiger partial charge is 0.310 e. The molecule has 1 unspecified atom stereocenters. The van der Waals surface area contributed by atoms with Crippen molar-refractivity contribution >= 4 is 15.9 Å². The molecule has 2 heteroatoms. The molecule has 0 radical (unpaired) electrons. The van der Waals surface area contributed by atoms with Gasteiger partial charge >= 0.3 is 0 Å². The molecule has 0 aromatic heterocycles. The smallest absolute Gasteiger partial charge is 0.0326 e. The first-order chi connectivity index (χ1) is 7.66. The normalized spacial score (nSPS) is 19.1. The number of rotatable bonds is 4. The molecule has 2 rings (SSSR count). The fourth-order valence-corrected chi connectivity index (χ4v) is 2.75. The zero-order chi connectivity index (χ0) is 11.5. The lowest BCUT2D eigenvalue weighted by Gasteiger charge is -2.15. The molecule has 1 aromatic rings. The molecule has 0 aliphatic heterocycles. The van der Waals surface area contributed by atoms with Crippen LogP contribution in [0.5, 0.6) is 0 Å². The van der Waals surface area contributed by atoms with E-state index in [9.17, 15) is 0 Å². The minimum Gasteiger partial charge on any atom is -0.310 e. The van der Waals surface area contributed by atoms with Gasteiger partial charge in [-0.1, -0.05) is 35.8 Å². The Morgan fingerprint density at radius 2 is 2.25 bits per heavy atom. The highest BCUT2D eigenvalue weighted by Crippen LogP contribution is 2.32. The number of hydrogen-bond acceptors (Lipinski definition) is 1. The highest BCUT2D eigenvalue weighted by atomic mass is 79.9. The molecule has 1 atom stereocenters. The molecule has 0 spiro atoms. The van der Waals surface area contributed by atoms with Crippen LogP contribution in [-0.4, -0.2) is 6.54 Å². The maximum atomic E-state index is 3.67. The average molecular weight is 282 g/mol. The molecular weight excluding hydrogens is 262 g/mol. The molecule has 88 valence electrons.